The molecule has 6 nitrogen and oxygen atoms in total. The number of morpholine rings is 1. The molecule has 8 heteroatoms. The Morgan fingerprint density at radius 2 is 1.87 bits per heavy atom. The Bertz CT molecular complexity index is 864. The van der Waals surface area contributed by atoms with Crippen molar-refractivity contribution in [3.8, 4) is 0 Å². The van der Waals surface area contributed by atoms with Crippen molar-refractivity contribution in [1.82, 2.24) is 10.2 Å². The number of halogens is 2. The van der Waals surface area contributed by atoms with Crippen molar-refractivity contribution in [2.24, 2.45) is 0 Å². The lowest BCUT2D eigenvalue weighted by molar-refractivity contribution is -0.136. The van der Waals surface area contributed by atoms with Gasteiger partial charge in [0.15, 0.2) is 0 Å². The predicted molar refractivity (Wildman–Crippen MR) is 109 cm³/mol. The Balaban J connectivity index is 1.33. The highest BCUT2D eigenvalue weighted by atomic mass is 19.1. The van der Waals surface area contributed by atoms with Gasteiger partial charge < -0.3 is 15.4 Å². The Hall–Kier alpha value is -2.84. The van der Waals surface area contributed by atoms with Crippen molar-refractivity contribution < 1.29 is 23.1 Å². The first kappa shape index (κ1) is 21.9. The minimum atomic E-state index is -0.987. The van der Waals surface area contributed by atoms with Gasteiger partial charge in [-0.2, -0.15) is 0 Å². The third-order valence-corrected chi connectivity index (χ3v) is 4.89. The van der Waals surface area contributed by atoms with E-state index in [4.69, 9.17) is 4.74 Å². The van der Waals surface area contributed by atoms with Crippen molar-refractivity contribution in [2.75, 3.05) is 38.1 Å². The second-order valence-electron chi connectivity index (χ2n) is 7.11. The molecule has 0 bridgehead atoms. The van der Waals surface area contributed by atoms with Crippen molar-refractivity contribution in [1.29, 1.82) is 0 Å². The van der Waals surface area contributed by atoms with Gasteiger partial charge in [0.2, 0.25) is 0 Å². The third-order valence-electron chi connectivity index (χ3n) is 4.89. The number of amides is 2. The molecule has 1 fully saturated rings. The number of anilines is 1. The summed E-state index contributed by atoms with van der Waals surface area (Å²) in [6.45, 7) is 3.57. The molecule has 1 heterocycles. The molecule has 0 aromatic heterocycles. The van der Waals surface area contributed by atoms with E-state index in [9.17, 15) is 18.4 Å². The maximum atomic E-state index is 13.5. The number of ether oxygens (including phenoxy) is 1. The molecule has 3 rings (SSSR count). The molecular weight excluding hydrogens is 392 g/mol. The molecule has 2 aromatic carbocycles. The molecule has 1 unspecified atom stereocenters. The van der Waals surface area contributed by atoms with Crippen LogP contribution in [0.1, 0.15) is 24.5 Å². The van der Waals surface area contributed by atoms with Gasteiger partial charge in [0.25, 0.3) is 0 Å². The molecule has 2 amide bonds. The van der Waals surface area contributed by atoms with E-state index in [-0.39, 0.29) is 11.8 Å². The van der Waals surface area contributed by atoms with Crippen LogP contribution >= 0.6 is 0 Å². The van der Waals surface area contributed by atoms with E-state index in [1.54, 1.807) is 0 Å². The molecule has 1 atom stereocenters. The van der Waals surface area contributed by atoms with Crippen LogP contribution in [0.15, 0.2) is 48.5 Å². The molecule has 0 radical (unpaired) electrons. The largest absolute Gasteiger partial charge is 0.371 e. The third kappa shape index (κ3) is 6.33. The molecule has 2 aromatic rings. The highest BCUT2D eigenvalue weighted by molar-refractivity contribution is 6.39. The van der Waals surface area contributed by atoms with Crippen molar-refractivity contribution in [3.05, 3.63) is 65.7 Å². The standard InChI is InChI=1S/C22H25F2N3O3/c23-17-8-9-19(18(24)14-17)26-22(29)21(28)25-10-4-5-11-27-12-13-30-20(15-27)16-6-2-1-3-7-16/h1-3,6-9,14,20H,4-5,10-13,15H2,(H,25,28)(H,26,29). The topological polar surface area (TPSA) is 70.7 Å². The summed E-state index contributed by atoms with van der Waals surface area (Å²) in [6, 6.07) is 12.8. The Labute approximate surface area is 174 Å². The van der Waals surface area contributed by atoms with E-state index >= 15 is 0 Å². The number of hydrogen-bond acceptors (Lipinski definition) is 4. The van der Waals surface area contributed by atoms with Crippen molar-refractivity contribution in [2.45, 2.75) is 18.9 Å². The Morgan fingerprint density at radius 3 is 2.63 bits per heavy atom. The van der Waals surface area contributed by atoms with E-state index in [1.807, 2.05) is 18.2 Å². The number of nitrogens with one attached hydrogen (secondary N) is 2. The van der Waals surface area contributed by atoms with Crippen LogP contribution in [0.25, 0.3) is 0 Å². The number of unbranched alkanes of at least 4 members (excludes halogenated alkanes) is 1. The number of benzene rings is 2. The summed E-state index contributed by atoms with van der Waals surface area (Å²) in [5.41, 5.74) is 0.926. The fourth-order valence-electron chi connectivity index (χ4n) is 3.29. The molecule has 2 N–H and O–H groups in total. The molecule has 30 heavy (non-hydrogen) atoms. The minimum Gasteiger partial charge on any atom is -0.371 e. The SMILES string of the molecule is O=C(NCCCCN1CCOC(c2ccccc2)C1)C(=O)Nc1ccc(F)cc1F. The molecule has 0 aliphatic carbocycles. The lowest BCUT2D eigenvalue weighted by Gasteiger charge is -2.33. The molecule has 160 valence electrons. The summed E-state index contributed by atoms with van der Waals surface area (Å²) in [7, 11) is 0. The molecule has 1 aliphatic rings. The number of carbonyl (C=O) groups excluding carboxylic acids is 2. The van der Waals surface area contributed by atoms with E-state index in [2.05, 4.69) is 27.7 Å². The highest BCUT2D eigenvalue weighted by Gasteiger charge is 2.21. The number of hydrogen-bond donors (Lipinski definition) is 2. The fraction of sp³-hybridized carbons (Fsp3) is 0.364. The second-order valence-corrected chi connectivity index (χ2v) is 7.11. The molecule has 1 aliphatic heterocycles. The van der Waals surface area contributed by atoms with Gasteiger partial charge in [-0.1, -0.05) is 30.3 Å². The summed E-state index contributed by atoms with van der Waals surface area (Å²) in [5, 5.41) is 4.65. The lowest BCUT2D eigenvalue weighted by atomic mass is 10.1. The zero-order valence-electron chi connectivity index (χ0n) is 16.6. The predicted octanol–water partition coefficient (Wildman–Crippen LogP) is 2.87. The lowest BCUT2D eigenvalue weighted by Crippen LogP contribution is -2.39. The van der Waals surface area contributed by atoms with Crippen molar-refractivity contribution >= 4 is 17.5 Å². The summed E-state index contributed by atoms with van der Waals surface area (Å²) in [4.78, 5) is 26.0. The van der Waals surface area contributed by atoms with Crippen LogP contribution in [0.3, 0.4) is 0 Å². The zero-order chi connectivity index (χ0) is 21.3. The van der Waals surface area contributed by atoms with Crippen LogP contribution in [0.4, 0.5) is 14.5 Å². The maximum Gasteiger partial charge on any atom is 0.313 e. The number of nitrogens with zero attached hydrogens (tertiary/aromatic N) is 1. The van der Waals surface area contributed by atoms with E-state index in [0.717, 1.165) is 43.8 Å². The molecule has 0 saturated carbocycles. The van der Waals surface area contributed by atoms with Gasteiger partial charge >= 0.3 is 11.8 Å². The second kappa shape index (κ2) is 10.8. The van der Waals surface area contributed by atoms with Gasteiger partial charge in [0.1, 0.15) is 11.6 Å². The average molecular weight is 417 g/mol. The fourth-order valence-corrected chi connectivity index (χ4v) is 3.29. The van der Waals surface area contributed by atoms with E-state index in [0.29, 0.717) is 25.6 Å². The summed E-state index contributed by atoms with van der Waals surface area (Å²) in [6.07, 6.45) is 1.63. The average Bonchev–Trinajstić information content (AvgIpc) is 2.76. The van der Waals surface area contributed by atoms with Crippen LogP contribution in [0.5, 0.6) is 0 Å². The Kier molecular flexibility index (Phi) is 7.87. The van der Waals surface area contributed by atoms with Gasteiger partial charge in [-0.15, -0.1) is 0 Å². The molecule has 1 saturated heterocycles. The van der Waals surface area contributed by atoms with Crippen LogP contribution in [-0.4, -0.2) is 49.5 Å². The highest BCUT2D eigenvalue weighted by Crippen LogP contribution is 2.22. The van der Waals surface area contributed by atoms with Gasteiger partial charge in [-0.3, -0.25) is 14.5 Å². The first-order chi connectivity index (χ1) is 14.5. The first-order valence-electron chi connectivity index (χ1n) is 9.96. The van der Waals surface area contributed by atoms with Gasteiger partial charge in [0.05, 0.1) is 18.4 Å². The smallest absolute Gasteiger partial charge is 0.313 e. The number of carbonyl (C=O) groups is 2. The first-order valence-corrected chi connectivity index (χ1v) is 9.96. The Morgan fingerprint density at radius 1 is 1.07 bits per heavy atom. The van der Waals surface area contributed by atoms with Crippen LogP contribution in [-0.2, 0) is 14.3 Å². The maximum absolute atomic E-state index is 13.5. The summed E-state index contributed by atoms with van der Waals surface area (Å²) >= 11 is 0. The van der Waals surface area contributed by atoms with Gasteiger partial charge in [-0.25, -0.2) is 8.78 Å². The van der Waals surface area contributed by atoms with Crippen LogP contribution in [0, 0.1) is 11.6 Å². The zero-order valence-corrected chi connectivity index (χ0v) is 16.6. The summed E-state index contributed by atoms with van der Waals surface area (Å²) in [5.74, 6) is -3.53. The van der Waals surface area contributed by atoms with Gasteiger partial charge in [0, 0.05) is 25.7 Å². The molecule has 0 spiro atoms. The summed E-state index contributed by atoms with van der Waals surface area (Å²) < 4.78 is 32.3. The minimum absolute atomic E-state index is 0.0650. The van der Waals surface area contributed by atoms with E-state index in [1.165, 1.54) is 0 Å². The normalized spacial score (nSPS) is 16.8. The van der Waals surface area contributed by atoms with Crippen LogP contribution < -0.4 is 10.6 Å². The monoisotopic (exact) mass is 417 g/mol. The molecular formula is C22H25F2N3O3. The quantitative estimate of drug-likeness (QED) is 0.537. The van der Waals surface area contributed by atoms with E-state index < -0.39 is 23.4 Å². The van der Waals surface area contributed by atoms with Crippen LogP contribution in [0.2, 0.25) is 0 Å². The van der Waals surface area contributed by atoms with Crippen molar-refractivity contribution in [3.63, 3.8) is 0 Å². The number of rotatable bonds is 7. The van der Waals surface area contributed by atoms with Gasteiger partial charge in [-0.05, 0) is 37.1 Å².